The smallest absolute Gasteiger partial charge is 0.227 e. The number of furan rings is 1. The van der Waals surface area contributed by atoms with E-state index in [-0.39, 0.29) is 0 Å². The minimum absolute atomic E-state index is 0.534. The lowest BCUT2D eigenvalue weighted by Crippen LogP contribution is -2.00. The molecule has 0 spiro atoms. The Bertz CT molecular complexity index is 2430. The van der Waals surface area contributed by atoms with E-state index >= 15 is 0 Å². The van der Waals surface area contributed by atoms with E-state index in [1.165, 1.54) is 0 Å². The molecular weight excluding hydrogens is 544 g/mol. The fourth-order valence-electron chi connectivity index (χ4n) is 5.89. The molecule has 0 aliphatic rings. The summed E-state index contributed by atoms with van der Waals surface area (Å²) in [6.45, 7) is 0. The van der Waals surface area contributed by atoms with E-state index in [0.29, 0.717) is 40.1 Å². The second kappa shape index (κ2) is 9.71. The Morgan fingerprint density at radius 2 is 1.02 bits per heavy atom. The van der Waals surface area contributed by atoms with Crippen LogP contribution >= 0.6 is 0 Å². The maximum Gasteiger partial charge on any atom is 0.227 e. The van der Waals surface area contributed by atoms with E-state index < -0.39 is 0 Å². The third kappa shape index (κ3) is 3.89. The van der Waals surface area contributed by atoms with Crippen LogP contribution in [-0.4, -0.2) is 19.9 Å². The molecule has 9 rings (SSSR count). The van der Waals surface area contributed by atoms with Crippen molar-refractivity contribution in [1.82, 2.24) is 19.9 Å². The molecule has 0 bridgehead atoms. The summed E-state index contributed by atoms with van der Waals surface area (Å²) in [7, 11) is 0. The molecule has 0 aliphatic heterocycles. The number of fused-ring (bicyclic) bond motifs is 7. The van der Waals surface area contributed by atoms with Crippen LogP contribution in [0.25, 0.3) is 89.4 Å². The van der Waals surface area contributed by atoms with Crippen LogP contribution in [0.15, 0.2) is 142 Å². The van der Waals surface area contributed by atoms with Crippen LogP contribution in [-0.2, 0) is 0 Å². The van der Waals surface area contributed by atoms with Gasteiger partial charge in [-0.2, -0.15) is 0 Å². The van der Waals surface area contributed by atoms with Crippen molar-refractivity contribution >= 4 is 43.8 Å². The standard InChI is InChI=1S/C38H22N4O2/c1-4-12-23(13-5-1)35-40-36(24-14-6-2-7-15-24)42-37(41-35)28-22-26-18-10-11-19-27(26)31-32-30(43-33(28)31)21-20-29-34(32)44-38(39-29)25-16-8-3-9-17-25/h1-22H. The Balaban J connectivity index is 1.37. The molecule has 0 aliphatic carbocycles. The van der Waals surface area contributed by atoms with Gasteiger partial charge in [0.05, 0.1) is 10.9 Å². The van der Waals surface area contributed by atoms with Crippen molar-refractivity contribution in [3.05, 3.63) is 133 Å². The Labute approximate surface area is 251 Å². The monoisotopic (exact) mass is 566 g/mol. The van der Waals surface area contributed by atoms with Gasteiger partial charge in [0.25, 0.3) is 0 Å². The minimum atomic E-state index is 0.534. The second-order valence-corrected chi connectivity index (χ2v) is 10.7. The van der Waals surface area contributed by atoms with Gasteiger partial charge in [0.2, 0.25) is 5.89 Å². The first-order valence-electron chi connectivity index (χ1n) is 14.4. The van der Waals surface area contributed by atoms with E-state index in [2.05, 4.69) is 18.2 Å². The molecule has 0 radical (unpaired) electrons. The number of hydrogen-bond acceptors (Lipinski definition) is 6. The lowest BCUT2D eigenvalue weighted by Gasteiger charge is -2.10. The molecular formula is C38H22N4O2. The largest absolute Gasteiger partial charge is 0.455 e. The number of aromatic nitrogens is 4. The molecule has 0 N–H and O–H groups in total. The van der Waals surface area contributed by atoms with Gasteiger partial charge in [0.1, 0.15) is 16.7 Å². The highest BCUT2D eigenvalue weighted by Crippen LogP contribution is 2.43. The Hall–Kier alpha value is -6.14. The van der Waals surface area contributed by atoms with Crippen molar-refractivity contribution in [3.8, 4) is 45.6 Å². The van der Waals surface area contributed by atoms with Crippen LogP contribution in [0.1, 0.15) is 0 Å². The predicted octanol–water partition coefficient (Wildman–Crippen LogP) is 9.73. The SMILES string of the molecule is c1ccc(-c2nc(-c3ccccc3)nc(-c3cc4ccccc4c4c3oc3ccc5nc(-c6ccccc6)oc5c34)n2)cc1. The van der Waals surface area contributed by atoms with Crippen LogP contribution in [0.3, 0.4) is 0 Å². The highest BCUT2D eigenvalue weighted by atomic mass is 16.4. The summed E-state index contributed by atoms with van der Waals surface area (Å²) in [5, 5.41) is 3.92. The van der Waals surface area contributed by atoms with Gasteiger partial charge in [-0.25, -0.2) is 19.9 Å². The van der Waals surface area contributed by atoms with Crippen LogP contribution in [0, 0.1) is 0 Å². The summed E-state index contributed by atoms with van der Waals surface area (Å²) >= 11 is 0. The molecule has 6 heteroatoms. The van der Waals surface area contributed by atoms with Crippen LogP contribution in [0.2, 0.25) is 0 Å². The zero-order valence-electron chi connectivity index (χ0n) is 23.3. The normalized spacial score (nSPS) is 11.6. The maximum atomic E-state index is 6.67. The quantitative estimate of drug-likeness (QED) is 0.211. The summed E-state index contributed by atoms with van der Waals surface area (Å²) in [5.74, 6) is 2.29. The third-order valence-electron chi connectivity index (χ3n) is 7.94. The topological polar surface area (TPSA) is 77.8 Å². The van der Waals surface area contributed by atoms with Crippen LogP contribution in [0.4, 0.5) is 0 Å². The molecule has 6 aromatic carbocycles. The molecule has 44 heavy (non-hydrogen) atoms. The van der Waals surface area contributed by atoms with E-state index in [1.807, 2.05) is 115 Å². The van der Waals surface area contributed by atoms with Crippen molar-refractivity contribution in [2.24, 2.45) is 0 Å². The number of benzene rings is 6. The Kier molecular flexibility index (Phi) is 5.40. The molecule has 206 valence electrons. The number of nitrogens with zero attached hydrogens (tertiary/aromatic N) is 4. The van der Waals surface area contributed by atoms with Gasteiger partial charge >= 0.3 is 0 Å². The zero-order valence-corrected chi connectivity index (χ0v) is 23.3. The van der Waals surface area contributed by atoms with Crippen molar-refractivity contribution in [2.75, 3.05) is 0 Å². The molecule has 0 atom stereocenters. The average molecular weight is 567 g/mol. The minimum Gasteiger partial charge on any atom is -0.455 e. The lowest BCUT2D eigenvalue weighted by molar-refractivity contribution is 0.622. The third-order valence-corrected chi connectivity index (χ3v) is 7.94. The van der Waals surface area contributed by atoms with Crippen molar-refractivity contribution < 1.29 is 8.83 Å². The van der Waals surface area contributed by atoms with Gasteiger partial charge in [-0.05, 0) is 41.1 Å². The molecule has 0 saturated carbocycles. The van der Waals surface area contributed by atoms with Crippen molar-refractivity contribution in [3.63, 3.8) is 0 Å². The Morgan fingerprint density at radius 1 is 0.432 bits per heavy atom. The first-order chi connectivity index (χ1) is 21.8. The van der Waals surface area contributed by atoms with E-state index in [0.717, 1.165) is 49.3 Å². The summed E-state index contributed by atoms with van der Waals surface area (Å²) in [4.78, 5) is 19.7. The molecule has 3 aromatic heterocycles. The van der Waals surface area contributed by atoms with Crippen molar-refractivity contribution in [2.45, 2.75) is 0 Å². The van der Waals surface area contributed by atoms with Gasteiger partial charge in [0, 0.05) is 22.1 Å². The molecule has 0 fully saturated rings. The maximum absolute atomic E-state index is 6.67. The number of hydrogen-bond donors (Lipinski definition) is 0. The molecule has 6 nitrogen and oxygen atoms in total. The zero-order chi connectivity index (χ0) is 29.0. The van der Waals surface area contributed by atoms with Gasteiger partial charge in [-0.1, -0.05) is 103 Å². The molecule has 3 heterocycles. The van der Waals surface area contributed by atoms with Gasteiger partial charge in [-0.3, -0.25) is 0 Å². The number of oxazole rings is 1. The summed E-state index contributed by atoms with van der Waals surface area (Å²) in [6.07, 6.45) is 0. The van der Waals surface area contributed by atoms with E-state index in [1.54, 1.807) is 0 Å². The fourth-order valence-corrected chi connectivity index (χ4v) is 5.89. The average Bonchev–Trinajstić information content (AvgIpc) is 3.71. The fraction of sp³-hybridized carbons (Fsp3) is 0. The van der Waals surface area contributed by atoms with Crippen LogP contribution < -0.4 is 0 Å². The summed E-state index contributed by atoms with van der Waals surface area (Å²) in [5.41, 5.74) is 6.37. The number of rotatable bonds is 4. The van der Waals surface area contributed by atoms with Crippen molar-refractivity contribution in [1.29, 1.82) is 0 Å². The molecule has 0 unspecified atom stereocenters. The first-order valence-corrected chi connectivity index (χ1v) is 14.4. The second-order valence-electron chi connectivity index (χ2n) is 10.7. The van der Waals surface area contributed by atoms with E-state index in [9.17, 15) is 0 Å². The highest BCUT2D eigenvalue weighted by Gasteiger charge is 2.23. The molecule has 0 saturated heterocycles. The summed E-state index contributed by atoms with van der Waals surface area (Å²) in [6, 6.07) is 44.2. The van der Waals surface area contributed by atoms with Gasteiger partial charge in [0.15, 0.2) is 23.1 Å². The van der Waals surface area contributed by atoms with Crippen LogP contribution in [0.5, 0.6) is 0 Å². The predicted molar refractivity (Wildman–Crippen MR) is 174 cm³/mol. The molecule has 9 aromatic rings. The van der Waals surface area contributed by atoms with Gasteiger partial charge in [-0.15, -0.1) is 0 Å². The molecule has 0 amide bonds. The summed E-state index contributed by atoms with van der Waals surface area (Å²) < 4.78 is 13.1. The van der Waals surface area contributed by atoms with E-state index in [4.69, 9.17) is 28.8 Å². The lowest BCUT2D eigenvalue weighted by atomic mass is 9.99. The highest BCUT2D eigenvalue weighted by molar-refractivity contribution is 6.27. The Morgan fingerprint density at radius 3 is 1.70 bits per heavy atom. The first kappa shape index (κ1) is 24.5. The van der Waals surface area contributed by atoms with Gasteiger partial charge < -0.3 is 8.83 Å².